The Bertz CT molecular complexity index is 649. The van der Waals surface area contributed by atoms with Gasteiger partial charge in [0.1, 0.15) is 16.4 Å². The predicted molar refractivity (Wildman–Crippen MR) is 86.9 cm³/mol. The molecule has 3 heterocycles. The molecule has 2 atom stereocenters. The maximum atomic E-state index is 13.1. The Hall–Kier alpha value is -0.890. The van der Waals surface area contributed by atoms with E-state index in [1.165, 1.54) is 12.8 Å². The maximum Gasteiger partial charge on any atom is 0.246 e. The summed E-state index contributed by atoms with van der Waals surface area (Å²) < 4.78 is 38.7. The van der Waals surface area contributed by atoms with Crippen LogP contribution in [0.5, 0.6) is 0 Å². The lowest BCUT2D eigenvalue weighted by Crippen LogP contribution is -2.42. The Morgan fingerprint density at radius 3 is 2.57 bits per heavy atom. The number of ether oxygens (including phenoxy) is 1. The van der Waals surface area contributed by atoms with Gasteiger partial charge in [-0.3, -0.25) is 0 Å². The van der Waals surface area contributed by atoms with Gasteiger partial charge in [0.2, 0.25) is 10.0 Å². The van der Waals surface area contributed by atoms with Gasteiger partial charge >= 0.3 is 0 Å². The number of hydrogen-bond donors (Lipinski definition) is 0. The van der Waals surface area contributed by atoms with Gasteiger partial charge in [-0.25, -0.2) is 8.42 Å². The van der Waals surface area contributed by atoms with Crippen LogP contribution in [0.2, 0.25) is 0 Å². The third-order valence-electron chi connectivity index (χ3n) is 4.91. The summed E-state index contributed by atoms with van der Waals surface area (Å²) >= 11 is 0. The predicted octanol–water partition coefficient (Wildman–Crippen LogP) is 1.77. The fraction of sp³-hybridized carbons (Fsp3) is 0.750. The topological polar surface area (TPSA) is 63.0 Å². The van der Waals surface area contributed by atoms with E-state index in [-0.39, 0.29) is 17.0 Å². The van der Waals surface area contributed by atoms with Crippen LogP contribution in [0, 0.1) is 13.8 Å². The molecule has 0 bridgehead atoms. The normalized spacial score (nSPS) is 27.1. The highest BCUT2D eigenvalue weighted by atomic mass is 32.2. The zero-order valence-corrected chi connectivity index (χ0v) is 14.9. The van der Waals surface area contributed by atoms with Crippen molar-refractivity contribution >= 4 is 10.0 Å². The molecule has 0 N–H and O–H groups in total. The van der Waals surface area contributed by atoms with E-state index < -0.39 is 10.0 Å². The molecule has 0 unspecified atom stereocenters. The summed E-state index contributed by atoms with van der Waals surface area (Å²) in [4.78, 5) is 2.65. The number of nitrogens with zero attached hydrogens (tertiary/aromatic N) is 2. The van der Waals surface area contributed by atoms with E-state index in [1.807, 2.05) is 0 Å². The summed E-state index contributed by atoms with van der Waals surface area (Å²) in [6, 6.07) is 1.59. The number of methoxy groups -OCH3 is 1. The second-order valence-electron chi connectivity index (χ2n) is 6.61. The summed E-state index contributed by atoms with van der Waals surface area (Å²) in [5, 5.41) is 0. The SMILES string of the molecule is CO[C@H]1C[C@@H](CN2CCCC2)N(S(=O)(=O)c2cc(C)oc2C)C1. The summed E-state index contributed by atoms with van der Waals surface area (Å²) in [5.74, 6) is 1.09. The molecule has 1 aromatic rings. The molecule has 2 fully saturated rings. The summed E-state index contributed by atoms with van der Waals surface area (Å²) in [5.41, 5.74) is 0. The Kier molecular flexibility index (Phi) is 4.83. The zero-order valence-electron chi connectivity index (χ0n) is 14.1. The molecule has 7 heteroatoms. The first-order chi connectivity index (χ1) is 10.9. The van der Waals surface area contributed by atoms with E-state index in [4.69, 9.17) is 9.15 Å². The van der Waals surface area contributed by atoms with Crippen molar-refractivity contribution in [1.82, 2.24) is 9.21 Å². The monoisotopic (exact) mass is 342 g/mol. The first-order valence-corrected chi connectivity index (χ1v) is 9.70. The average Bonchev–Trinajstić information content (AvgIpc) is 3.20. The van der Waals surface area contributed by atoms with Crippen LogP contribution in [-0.2, 0) is 14.8 Å². The Morgan fingerprint density at radius 1 is 1.30 bits per heavy atom. The molecule has 0 radical (unpaired) electrons. The molecule has 1 aromatic heterocycles. The third kappa shape index (κ3) is 3.33. The maximum absolute atomic E-state index is 13.1. The van der Waals surface area contributed by atoms with Crippen LogP contribution in [-0.4, -0.2) is 63.1 Å². The molecule has 23 heavy (non-hydrogen) atoms. The van der Waals surface area contributed by atoms with Crippen LogP contribution in [0.25, 0.3) is 0 Å². The Balaban J connectivity index is 1.86. The van der Waals surface area contributed by atoms with Gasteiger partial charge in [0.15, 0.2) is 0 Å². The van der Waals surface area contributed by atoms with Crippen molar-refractivity contribution in [3.8, 4) is 0 Å². The summed E-state index contributed by atoms with van der Waals surface area (Å²) in [6.07, 6.45) is 3.12. The van der Waals surface area contributed by atoms with Gasteiger partial charge < -0.3 is 14.1 Å². The van der Waals surface area contributed by atoms with Gasteiger partial charge in [-0.05, 0) is 52.3 Å². The Labute approximate surface area is 138 Å². The zero-order chi connectivity index (χ0) is 16.6. The largest absolute Gasteiger partial charge is 0.465 e. The second kappa shape index (κ2) is 6.55. The van der Waals surface area contributed by atoms with E-state index in [1.54, 1.807) is 31.3 Å². The van der Waals surface area contributed by atoms with Gasteiger partial charge in [0, 0.05) is 26.2 Å². The molecule has 2 aliphatic rings. The van der Waals surface area contributed by atoms with Gasteiger partial charge in [0.25, 0.3) is 0 Å². The third-order valence-corrected chi connectivity index (χ3v) is 6.93. The lowest BCUT2D eigenvalue weighted by molar-refractivity contribution is 0.113. The highest BCUT2D eigenvalue weighted by molar-refractivity contribution is 7.89. The van der Waals surface area contributed by atoms with Crippen LogP contribution in [0.1, 0.15) is 30.8 Å². The molecule has 0 amide bonds. The summed E-state index contributed by atoms with van der Waals surface area (Å²) in [7, 11) is -1.90. The number of rotatable bonds is 5. The van der Waals surface area contributed by atoms with Crippen LogP contribution >= 0.6 is 0 Å². The molecule has 130 valence electrons. The van der Waals surface area contributed by atoms with Crippen LogP contribution in [0.3, 0.4) is 0 Å². The second-order valence-corrected chi connectivity index (χ2v) is 8.47. The van der Waals surface area contributed by atoms with Crippen molar-refractivity contribution < 1.29 is 17.6 Å². The van der Waals surface area contributed by atoms with Gasteiger partial charge in [0.05, 0.1) is 6.10 Å². The first-order valence-electron chi connectivity index (χ1n) is 8.26. The van der Waals surface area contributed by atoms with Crippen molar-refractivity contribution in [3.63, 3.8) is 0 Å². The van der Waals surface area contributed by atoms with Crippen molar-refractivity contribution in [1.29, 1.82) is 0 Å². The molecule has 2 aliphatic heterocycles. The van der Waals surface area contributed by atoms with Crippen molar-refractivity contribution in [2.75, 3.05) is 33.3 Å². The van der Waals surface area contributed by atoms with Crippen LogP contribution < -0.4 is 0 Å². The van der Waals surface area contributed by atoms with Gasteiger partial charge in [-0.2, -0.15) is 4.31 Å². The lowest BCUT2D eigenvalue weighted by atomic mass is 10.2. The molecule has 3 rings (SSSR count). The molecule has 0 aliphatic carbocycles. The van der Waals surface area contributed by atoms with Crippen molar-refractivity contribution in [2.24, 2.45) is 0 Å². The molecule has 0 aromatic carbocycles. The minimum absolute atomic E-state index is 0.0299. The Morgan fingerprint density at radius 2 is 2.00 bits per heavy atom. The average molecular weight is 342 g/mol. The highest BCUT2D eigenvalue weighted by Gasteiger charge is 2.42. The quantitative estimate of drug-likeness (QED) is 0.816. The van der Waals surface area contributed by atoms with Gasteiger partial charge in [-0.1, -0.05) is 0 Å². The molecule has 0 spiro atoms. The summed E-state index contributed by atoms with van der Waals surface area (Å²) in [6.45, 7) is 6.81. The molecular weight excluding hydrogens is 316 g/mol. The van der Waals surface area contributed by atoms with E-state index in [9.17, 15) is 8.42 Å². The van der Waals surface area contributed by atoms with Crippen LogP contribution in [0.15, 0.2) is 15.4 Å². The highest BCUT2D eigenvalue weighted by Crippen LogP contribution is 2.31. The fourth-order valence-electron chi connectivity index (χ4n) is 3.73. The minimum Gasteiger partial charge on any atom is -0.465 e. The number of aryl methyl sites for hydroxylation is 2. The van der Waals surface area contributed by atoms with E-state index in [2.05, 4.69) is 4.90 Å². The first kappa shape index (κ1) is 17.0. The van der Waals surface area contributed by atoms with Crippen LogP contribution in [0.4, 0.5) is 0 Å². The van der Waals surface area contributed by atoms with E-state index in [0.717, 1.165) is 26.1 Å². The van der Waals surface area contributed by atoms with Crippen molar-refractivity contribution in [2.45, 2.75) is 50.2 Å². The molecule has 6 nitrogen and oxygen atoms in total. The van der Waals surface area contributed by atoms with Gasteiger partial charge in [-0.15, -0.1) is 0 Å². The van der Waals surface area contributed by atoms with Crippen molar-refractivity contribution in [3.05, 3.63) is 17.6 Å². The van der Waals surface area contributed by atoms with E-state index >= 15 is 0 Å². The molecule has 2 saturated heterocycles. The number of furan rings is 1. The number of sulfonamides is 1. The van der Waals surface area contributed by atoms with E-state index in [0.29, 0.717) is 18.1 Å². The number of likely N-dealkylation sites (tertiary alicyclic amines) is 1. The smallest absolute Gasteiger partial charge is 0.246 e. The fourth-order valence-corrected chi connectivity index (χ4v) is 5.61. The molecule has 0 saturated carbocycles. The standard InChI is InChI=1S/C16H26N2O4S/c1-12-8-16(13(2)22-12)23(19,20)18-11-15(21-3)9-14(18)10-17-6-4-5-7-17/h8,14-15H,4-7,9-11H2,1-3H3/t14-,15-/m0/s1. The lowest BCUT2D eigenvalue weighted by Gasteiger charge is -2.27. The number of hydrogen-bond acceptors (Lipinski definition) is 5. The molecular formula is C16H26N2O4S. The minimum atomic E-state index is -3.55.